The molecule has 3 aromatic heterocycles. The van der Waals surface area contributed by atoms with Crippen LogP contribution in [0.5, 0.6) is 5.88 Å². The third-order valence-electron chi connectivity index (χ3n) is 3.29. The van der Waals surface area contributed by atoms with Crippen molar-refractivity contribution >= 4 is 33.9 Å². The molecule has 0 aliphatic rings. The predicted octanol–water partition coefficient (Wildman–Crippen LogP) is 4.21. The highest BCUT2D eigenvalue weighted by Gasteiger charge is 2.14. The van der Waals surface area contributed by atoms with Crippen LogP contribution in [0.2, 0.25) is 0 Å². The lowest BCUT2D eigenvalue weighted by Gasteiger charge is -2.13. The van der Waals surface area contributed by atoms with Crippen LogP contribution in [0.25, 0.3) is 0 Å². The highest BCUT2D eigenvalue weighted by molar-refractivity contribution is 7.13. The molecule has 1 amide bonds. The summed E-state index contributed by atoms with van der Waals surface area (Å²) < 4.78 is 5.37. The maximum atomic E-state index is 12.1. The summed E-state index contributed by atoms with van der Waals surface area (Å²) in [6.45, 7) is 5.57. The number of ether oxygens (including phenoxy) is 1. The van der Waals surface area contributed by atoms with Crippen LogP contribution in [-0.2, 0) is 0 Å². The minimum absolute atomic E-state index is 0.189. The van der Waals surface area contributed by atoms with Crippen molar-refractivity contribution in [2.75, 3.05) is 10.6 Å². The fourth-order valence-corrected chi connectivity index (χ4v) is 2.75. The Hall–Kier alpha value is -3.00. The van der Waals surface area contributed by atoms with Crippen LogP contribution >= 0.6 is 11.3 Å². The average Bonchev–Trinajstić information content (AvgIpc) is 2.96. The Labute approximate surface area is 149 Å². The Balaban J connectivity index is 1.79. The lowest BCUT2D eigenvalue weighted by molar-refractivity contribution is 0.213. The first kappa shape index (κ1) is 16.8. The SMILES string of the molecule is Cc1csc(NC(=O)Oc2nc(C)ccc2Nc2cccnc2C)n1. The lowest BCUT2D eigenvalue weighted by Crippen LogP contribution is -2.18. The monoisotopic (exact) mass is 355 g/mol. The molecule has 0 aliphatic carbocycles. The molecular weight excluding hydrogens is 338 g/mol. The van der Waals surface area contributed by atoms with E-state index < -0.39 is 6.09 Å². The van der Waals surface area contributed by atoms with Gasteiger partial charge < -0.3 is 10.1 Å². The number of pyridine rings is 2. The van der Waals surface area contributed by atoms with Gasteiger partial charge in [-0.15, -0.1) is 11.3 Å². The summed E-state index contributed by atoms with van der Waals surface area (Å²) in [7, 11) is 0. The van der Waals surface area contributed by atoms with E-state index in [0.717, 1.165) is 22.8 Å². The molecule has 0 aliphatic heterocycles. The van der Waals surface area contributed by atoms with E-state index in [9.17, 15) is 4.79 Å². The molecule has 128 valence electrons. The number of nitrogens with zero attached hydrogens (tertiary/aromatic N) is 3. The van der Waals surface area contributed by atoms with Crippen molar-refractivity contribution in [3.63, 3.8) is 0 Å². The van der Waals surface area contributed by atoms with E-state index in [1.807, 2.05) is 50.4 Å². The van der Waals surface area contributed by atoms with E-state index in [-0.39, 0.29) is 5.88 Å². The van der Waals surface area contributed by atoms with Crippen LogP contribution in [0.15, 0.2) is 35.8 Å². The fraction of sp³-hybridized carbons (Fsp3) is 0.176. The molecule has 0 spiro atoms. The Bertz CT molecular complexity index is 910. The smallest absolute Gasteiger partial charge is 0.389 e. The third kappa shape index (κ3) is 4.30. The Morgan fingerprint density at radius 2 is 1.92 bits per heavy atom. The number of amides is 1. The van der Waals surface area contributed by atoms with Crippen LogP contribution in [0.3, 0.4) is 0 Å². The fourth-order valence-electron chi connectivity index (χ4n) is 2.08. The number of carbonyl (C=O) groups is 1. The zero-order valence-electron chi connectivity index (χ0n) is 14.0. The molecule has 0 unspecified atom stereocenters. The number of nitrogens with one attached hydrogen (secondary N) is 2. The van der Waals surface area contributed by atoms with Crippen LogP contribution in [-0.4, -0.2) is 21.0 Å². The van der Waals surface area contributed by atoms with E-state index in [4.69, 9.17) is 4.74 Å². The molecule has 3 aromatic rings. The van der Waals surface area contributed by atoms with E-state index in [2.05, 4.69) is 25.6 Å². The number of rotatable bonds is 4. The molecule has 0 saturated carbocycles. The molecule has 25 heavy (non-hydrogen) atoms. The van der Waals surface area contributed by atoms with Crippen molar-refractivity contribution in [2.45, 2.75) is 20.8 Å². The number of carbonyl (C=O) groups excluding carboxylic acids is 1. The molecule has 0 atom stereocenters. The van der Waals surface area contributed by atoms with Gasteiger partial charge in [0.1, 0.15) is 5.69 Å². The first-order chi connectivity index (χ1) is 12.0. The number of anilines is 3. The van der Waals surface area contributed by atoms with Crippen molar-refractivity contribution in [1.29, 1.82) is 0 Å². The second-order valence-corrected chi connectivity index (χ2v) is 6.23. The van der Waals surface area contributed by atoms with E-state index in [1.54, 1.807) is 6.20 Å². The number of hydrogen-bond donors (Lipinski definition) is 2. The van der Waals surface area contributed by atoms with Gasteiger partial charge in [0, 0.05) is 17.3 Å². The van der Waals surface area contributed by atoms with Crippen molar-refractivity contribution in [3.05, 3.63) is 52.9 Å². The quantitative estimate of drug-likeness (QED) is 0.728. The van der Waals surface area contributed by atoms with Crippen molar-refractivity contribution in [1.82, 2.24) is 15.0 Å². The summed E-state index contributed by atoms with van der Waals surface area (Å²) in [4.78, 5) is 24.8. The predicted molar refractivity (Wildman–Crippen MR) is 97.7 cm³/mol. The van der Waals surface area contributed by atoms with Crippen molar-refractivity contribution in [2.24, 2.45) is 0 Å². The van der Waals surface area contributed by atoms with Gasteiger partial charge in [-0.05, 0) is 45.0 Å². The topological polar surface area (TPSA) is 89.0 Å². The molecular formula is C17H17N5O2S. The van der Waals surface area contributed by atoms with E-state index in [1.165, 1.54) is 11.3 Å². The van der Waals surface area contributed by atoms with Crippen molar-refractivity contribution < 1.29 is 9.53 Å². The average molecular weight is 355 g/mol. The lowest BCUT2D eigenvalue weighted by atomic mass is 10.3. The van der Waals surface area contributed by atoms with Crippen LogP contribution in [0.4, 0.5) is 21.3 Å². The Morgan fingerprint density at radius 1 is 1.08 bits per heavy atom. The molecule has 3 rings (SSSR count). The molecule has 0 aromatic carbocycles. The Kier molecular flexibility index (Phi) is 4.90. The number of aryl methyl sites for hydroxylation is 3. The minimum Gasteiger partial charge on any atom is -0.389 e. The summed E-state index contributed by atoms with van der Waals surface area (Å²) in [6.07, 6.45) is 1.08. The van der Waals surface area contributed by atoms with Crippen LogP contribution < -0.4 is 15.4 Å². The van der Waals surface area contributed by atoms with Gasteiger partial charge in [0.2, 0.25) is 5.88 Å². The minimum atomic E-state index is -0.640. The van der Waals surface area contributed by atoms with Gasteiger partial charge in [-0.2, -0.15) is 0 Å². The first-order valence-electron chi connectivity index (χ1n) is 7.58. The molecule has 0 saturated heterocycles. The first-order valence-corrected chi connectivity index (χ1v) is 8.46. The maximum absolute atomic E-state index is 12.1. The standard InChI is InChI=1S/C17H17N5O2S/c1-10-6-7-14(21-13-5-4-8-18-12(13)3)15(19-10)24-17(23)22-16-20-11(2)9-25-16/h4-9,21H,1-3H3,(H,20,22,23). The van der Waals surface area contributed by atoms with Gasteiger partial charge in [-0.25, -0.2) is 14.8 Å². The maximum Gasteiger partial charge on any atom is 0.420 e. The zero-order valence-corrected chi connectivity index (χ0v) is 14.8. The summed E-state index contributed by atoms with van der Waals surface area (Å²) in [5, 5.41) is 8.12. The largest absolute Gasteiger partial charge is 0.420 e. The molecule has 0 radical (unpaired) electrons. The zero-order chi connectivity index (χ0) is 17.8. The second kappa shape index (κ2) is 7.27. The second-order valence-electron chi connectivity index (χ2n) is 5.38. The summed E-state index contributed by atoms with van der Waals surface area (Å²) in [5.74, 6) is 0.189. The van der Waals surface area contributed by atoms with Gasteiger partial charge in [-0.3, -0.25) is 10.3 Å². The van der Waals surface area contributed by atoms with E-state index >= 15 is 0 Å². The van der Waals surface area contributed by atoms with Gasteiger partial charge >= 0.3 is 6.09 Å². The molecule has 3 heterocycles. The van der Waals surface area contributed by atoms with Gasteiger partial charge in [0.05, 0.1) is 17.1 Å². The molecule has 0 bridgehead atoms. The summed E-state index contributed by atoms with van der Waals surface area (Å²) in [5.41, 5.74) is 3.79. The number of aromatic nitrogens is 3. The normalized spacial score (nSPS) is 10.4. The summed E-state index contributed by atoms with van der Waals surface area (Å²) >= 11 is 1.33. The van der Waals surface area contributed by atoms with Crippen molar-refractivity contribution in [3.8, 4) is 5.88 Å². The van der Waals surface area contributed by atoms with Gasteiger partial charge in [0.25, 0.3) is 0 Å². The summed E-state index contributed by atoms with van der Waals surface area (Å²) in [6, 6.07) is 7.37. The molecule has 8 heteroatoms. The molecule has 2 N–H and O–H groups in total. The Morgan fingerprint density at radius 3 is 2.64 bits per heavy atom. The number of hydrogen-bond acceptors (Lipinski definition) is 7. The third-order valence-corrected chi connectivity index (χ3v) is 4.17. The van der Waals surface area contributed by atoms with Gasteiger partial charge in [0.15, 0.2) is 5.13 Å². The van der Waals surface area contributed by atoms with E-state index in [0.29, 0.717) is 10.8 Å². The van der Waals surface area contributed by atoms with Crippen LogP contribution in [0.1, 0.15) is 17.1 Å². The van der Waals surface area contributed by atoms with Crippen LogP contribution in [0, 0.1) is 20.8 Å². The highest BCUT2D eigenvalue weighted by Crippen LogP contribution is 2.27. The number of thiazole rings is 1. The highest BCUT2D eigenvalue weighted by atomic mass is 32.1. The van der Waals surface area contributed by atoms with Gasteiger partial charge in [-0.1, -0.05) is 0 Å². The molecule has 0 fully saturated rings. The molecule has 7 nitrogen and oxygen atoms in total.